The van der Waals surface area contributed by atoms with Crippen molar-refractivity contribution in [2.24, 2.45) is 7.05 Å². The van der Waals surface area contributed by atoms with Crippen molar-refractivity contribution in [1.29, 1.82) is 0 Å². The predicted octanol–water partition coefficient (Wildman–Crippen LogP) is 1.59. The van der Waals surface area contributed by atoms with Crippen molar-refractivity contribution in [3.05, 3.63) is 48.7 Å². The molecule has 4 aromatic heterocycles. The highest BCUT2D eigenvalue weighted by Gasteiger charge is 2.09. The third-order valence-electron chi connectivity index (χ3n) is 4.05. The first-order chi connectivity index (χ1) is 12.7. The Morgan fingerprint density at radius 2 is 2.08 bits per heavy atom. The third kappa shape index (κ3) is 3.11. The lowest BCUT2D eigenvalue weighted by Gasteiger charge is -2.07. The van der Waals surface area contributed by atoms with Crippen LogP contribution in [0.4, 0.5) is 11.8 Å². The Morgan fingerprint density at radius 1 is 1.15 bits per heavy atom. The zero-order valence-corrected chi connectivity index (χ0v) is 14.2. The molecule has 0 saturated heterocycles. The average molecular weight is 350 g/mol. The number of nitrogens with one attached hydrogen (secondary N) is 1. The van der Waals surface area contributed by atoms with Crippen LogP contribution in [0.25, 0.3) is 16.9 Å². The van der Waals surface area contributed by atoms with Gasteiger partial charge in [-0.2, -0.15) is 5.10 Å². The molecular weight excluding hydrogens is 332 g/mol. The van der Waals surface area contributed by atoms with Crippen LogP contribution in [0.1, 0.15) is 12.2 Å². The van der Waals surface area contributed by atoms with Gasteiger partial charge in [-0.15, -0.1) is 10.2 Å². The molecule has 9 heteroatoms. The zero-order valence-electron chi connectivity index (χ0n) is 14.2. The van der Waals surface area contributed by atoms with Gasteiger partial charge in [0.1, 0.15) is 11.6 Å². The van der Waals surface area contributed by atoms with Gasteiger partial charge in [0.25, 0.3) is 0 Å². The topological polar surface area (TPSA) is 106 Å². The molecule has 0 atom stereocenters. The van der Waals surface area contributed by atoms with E-state index in [-0.39, 0.29) is 6.61 Å². The lowest BCUT2D eigenvalue weighted by Crippen LogP contribution is -2.03. The first-order valence-electron chi connectivity index (χ1n) is 8.27. The highest BCUT2D eigenvalue weighted by Crippen LogP contribution is 2.21. The molecule has 132 valence electrons. The number of anilines is 2. The van der Waals surface area contributed by atoms with Gasteiger partial charge in [-0.3, -0.25) is 9.08 Å². The predicted molar refractivity (Wildman–Crippen MR) is 95.9 cm³/mol. The van der Waals surface area contributed by atoms with Crippen LogP contribution in [-0.4, -0.2) is 46.1 Å². The first-order valence-corrected chi connectivity index (χ1v) is 8.27. The molecule has 0 radical (unpaired) electrons. The van der Waals surface area contributed by atoms with Crippen LogP contribution in [0.15, 0.2) is 42.9 Å². The van der Waals surface area contributed by atoms with E-state index in [4.69, 9.17) is 5.11 Å². The van der Waals surface area contributed by atoms with E-state index in [1.807, 2.05) is 41.9 Å². The van der Waals surface area contributed by atoms with Gasteiger partial charge >= 0.3 is 0 Å². The van der Waals surface area contributed by atoms with E-state index in [0.29, 0.717) is 18.8 Å². The van der Waals surface area contributed by atoms with E-state index >= 15 is 0 Å². The molecule has 0 aliphatic rings. The van der Waals surface area contributed by atoms with Crippen LogP contribution in [0.5, 0.6) is 0 Å². The maximum Gasteiger partial charge on any atom is 0.228 e. The van der Waals surface area contributed by atoms with Crippen LogP contribution in [-0.2, 0) is 13.5 Å². The summed E-state index contributed by atoms with van der Waals surface area (Å²) in [6.45, 7) is 0.139. The molecule has 4 aromatic rings. The van der Waals surface area contributed by atoms with Crippen molar-refractivity contribution in [1.82, 2.24) is 34.3 Å². The Kier molecular flexibility index (Phi) is 4.28. The summed E-state index contributed by atoms with van der Waals surface area (Å²) in [6, 6.07) is 7.61. The van der Waals surface area contributed by atoms with Crippen LogP contribution in [0, 0.1) is 0 Å². The summed E-state index contributed by atoms with van der Waals surface area (Å²) in [5, 5.41) is 24.7. The van der Waals surface area contributed by atoms with Gasteiger partial charge in [0.15, 0.2) is 5.65 Å². The molecule has 4 heterocycles. The molecule has 26 heavy (non-hydrogen) atoms. The maximum atomic E-state index is 8.98. The number of aromatic nitrogens is 7. The number of hydrogen-bond donors (Lipinski definition) is 2. The lowest BCUT2D eigenvalue weighted by atomic mass is 10.2. The number of aliphatic hydroxyl groups excluding tert-OH is 1. The summed E-state index contributed by atoms with van der Waals surface area (Å²) >= 11 is 0. The summed E-state index contributed by atoms with van der Waals surface area (Å²) in [5.41, 5.74) is 2.45. The minimum absolute atomic E-state index is 0.139. The van der Waals surface area contributed by atoms with Crippen molar-refractivity contribution in [2.45, 2.75) is 12.8 Å². The molecule has 9 nitrogen and oxygen atoms in total. The largest absolute Gasteiger partial charge is 0.396 e. The van der Waals surface area contributed by atoms with Gasteiger partial charge in [0.2, 0.25) is 5.95 Å². The smallest absolute Gasteiger partial charge is 0.228 e. The molecular formula is C17H18N8O. The summed E-state index contributed by atoms with van der Waals surface area (Å²) in [7, 11) is 1.85. The maximum absolute atomic E-state index is 8.98. The van der Waals surface area contributed by atoms with E-state index in [2.05, 4.69) is 30.6 Å². The van der Waals surface area contributed by atoms with Gasteiger partial charge in [-0.05, 0) is 24.6 Å². The van der Waals surface area contributed by atoms with Crippen molar-refractivity contribution in [2.75, 3.05) is 11.9 Å². The number of fused-ring (bicyclic) bond motifs is 1. The molecule has 0 unspecified atom stereocenters. The number of rotatable bonds is 6. The fraction of sp³-hybridized carbons (Fsp3) is 0.235. The number of aryl methyl sites for hydroxylation is 2. The summed E-state index contributed by atoms with van der Waals surface area (Å²) in [5.74, 6) is 2.14. The van der Waals surface area contributed by atoms with Gasteiger partial charge in [0.05, 0.1) is 11.9 Å². The second-order valence-electron chi connectivity index (χ2n) is 5.82. The molecule has 0 bridgehead atoms. The van der Waals surface area contributed by atoms with Gasteiger partial charge in [-0.1, -0.05) is 0 Å². The van der Waals surface area contributed by atoms with E-state index in [1.54, 1.807) is 17.1 Å². The van der Waals surface area contributed by atoms with Crippen molar-refractivity contribution >= 4 is 17.4 Å². The average Bonchev–Trinajstić information content (AvgIpc) is 3.26. The molecule has 0 fully saturated rings. The van der Waals surface area contributed by atoms with E-state index in [1.165, 1.54) is 0 Å². The Hall–Kier alpha value is -3.33. The summed E-state index contributed by atoms with van der Waals surface area (Å²) < 4.78 is 3.64. The fourth-order valence-electron chi connectivity index (χ4n) is 2.70. The molecule has 4 rings (SSSR count). The van der Waals surface area contributed by atoms with E-state index < -0.39 is 0 Å². The SMILES string of the molecule is Cn1nccc1Nc1nccc(-c2ccn3c(CCCO)nnc3c2)n1. The van der Waals surface area contributed by atoms with Crippen LogP contribution in [0.2, 0.25) is 0 Å². The van der Waals surface area contributed by atoms with E-state index in [0.717, 1.165) is 28.5 Å². The number of nitrogens with zero attached hydrogens (tertiary/aromatic N) is 7. The number of pyridine rings is 1. The zero-order chi connectivity index (χ0) is 17.9. The first kappa shape index (κ1) is 16.2. The Balaban J connectivity index is 1.63. The van der Waals surface area contributed by atoms with E-state index in [9.17, 15) is 0 Å². The summed E-state index contributed by atoms with van der Waals surface area (Å²) in [6.07, 6.45) is 6.69. The van der Waals surface area contributed by atoms with Crippen LogP contribution in [0.3, 0.4) is 0 Å². The van der Waals surface area contributed by atoms with Gasteiger partial charge in [-0.25, -0.2) is 9.97 Å². The monoisotopic (exact) mass is 350 g/mol. The number of hydrogen-bond acceptors (Lipinski definition) is 7. The Morgan fingerprint density at radius 3 is 2.88 bits per heavy atom. The fourth-order valence-corrected chi connectivity index (χ4v) is 2.70. The quantitative estimate of drug-likeness (QED) is 0.544. The highest BCUT2D eigenvalue weighted by molar-refractivity contribution is 5.65. The normalized spacial score (nSPS) is 11.2. The molecule has 0 aromatic carbocycles. The molecule has 0 aliphatic carbocycles. The molecule has 0 saturated carbocycles. The van der Waals surface area contributed by atoms with Crippen molar-refractivity contribution in [3.8, 4) is 11.3 Å². The van der Waals surface area contributed by atoms with Crippen LogP contribution >= 0.6 is 0 Å². The molecule has 0 amide bonds. The minimum atomic E-state index is 0.139. The summed E-state index contributed by atoms with van der Waals surface area (Å²) in [4.78, 5) is 8.83. The van der Waals surface area contributed by atoms with Crippen molar-refractivity contribution in [3.63, 3.8) is 0 Å². The van der Waals surface area contributed by atoms with Gasteiger partial charge < -0.3 is 10.4 Å². The van der Waals surface area contributed by atoms with Crippen LogP contribution < -0.4 is 5.32 Å². The standard InChI is InChI=1S/C17H18N8O/c1-24-14(5-8-19-24)21-17-18-7-4-13(20-17)12-6-9-25-15(3-2-10-26)22-23-16(25)11-12/h4-9,11,26H,2-3,10H2,1H3,(H,18,20,21). The van der Waals surface area contributed by atoms with Crippen molar-refractivity contribution < 1.29 is 5.11 Å². The third-order valence-corrected chi connectivity index (χ3v) is 4.05. The minimum Gasteiger partial charge on any atom is -0.396 e. The molecule has 2 N–H and O–H groups in total. The Labute approximate surface area is 149 Å². The lowest BCUT2D eigenvalue weighted by molar-refractivity contribution is 0.287. The second kappa shape index (κ2) is 6.89. The molecule has 0 aliphatic heterocycles. The molecule has 0 spiro atoms. The Bertz CT molecular complexity index is 1040. The van der Waals surface area contributed by atoms with Gasteiger partial charge in [0, 0.05) is 44.1 Å². The highest BCUT2D eigenvalue weighted by atomic mass is 16.2. The second-order valence-corrected chi connectivity index (χ2v) is 5.82. The number of aliphatic hydroxyl groups is 1.